The maximum absolute atomic E-state index is 12.4. The minimum atomic E-state index is -0.666. The molecule has 0 saturated carbocycles. The lowest BCUT2D eigenvalue weighted by atomic mass is 10.0. The highest BCUT2D eigenvalue weighted by Crippen LogP contribution is 2.17. The van der Waals surface area contributed by atoms with Gasteiger partial charge in [0.2, 0.25) is 5.91 Å². The van der Waals surface area contributed by atoms with Crippen LogP contribution in [0.3, 0.4) is 0 Å². The second kappa shape index (κ2) is 50.0. The van der Waals surface area contributed by atoms with Crippen molar-refractivity contribution >= 4 is 11.9 Å². The second-order valence-electron chi connectivity index (χ2n) is 18.2. The quantitative estimate of drug-likeness (QED) is 0.0322. The summed E-state index contributed by atoms with van der Waals surface area (Å²) >= 11 is 0. The van der Waals surface area contributed by atoms with Gasteiger partial charge in [0.1, 0.15) is 0 Å². The van der Waals surface area contributed by atoms with Gasteiger partial charge < -0.3 is 20.3 Å². The summed E-state index contributed by atoms with van der Waals surface area (Å²) in [6, 6.07) is -0.543. The van der Waals surface area contributed by atoms with Crippen LogP contribution in [0.5, 0.6) is 0 Å². The van der Waals surface area contributed by atoms with Crippen molar-refractivity contribution in [2.45, 2.75) is 296 Å². The van der Waals surface area contributed by atoms with Crippen LogP contribution in [0.1, 0.15) is 284 Å². The summed E-state index contributed by atoms with van der Waals surface area (Å²) < 4.78 is 5.46. The van der Waals surface area contributed by atoms with E-state index in [4.69, 9.17) is 4.74 Å². The number of hydrogen-bond acceptors (Lipinski definition) is 5. The number of aliphatic hydroxyl groups is 2. The fourth-order valence-corrected chi connectivity index (χ4v) is 8.15. The molecule has 2 atom stereocenters. The lowest BCUT2D eigenvalue weighted by Crippen LogP contribution is -2.45. The van der Waals surface area contributed by atoms with Gasteiger partial charge in [-0.2, -0.15) is 0 Å². The summed E-state index contributed by atoms with van der Waals surface area (Å²) in [6.45, 7) is 4.87. The number of hydrogen-bond donors (Lipinski definition) is 3. The Morgan fingerprint density at radius 1 is 0.467 bits per heavy atom. The molecule has 6 nitrogen and oxygen atoms in total. The Hall–Kier alpha value is -1.66. The van der Waals surface area contributed by atoms with Crippen LogP contribution in [-0.2, 0) is 14.3 Å². The smallest absolute Gasteiger partial charge is 0.305 e. The Balaban J connectivity index is 3.40. The SMILES string of the molecule is CCC/C=C\C/C=C\CCCCCCCC(=O)OCCCCCCCCCCCCCCCCCCCCC(=O)NC(CO)C(O)CCCCCCCCCCCCCC. The zero-order chi connectivity index (χ0) is 43.7. The van der Waals surface area contributed by atoms with Crippen LogP contribution >= 0.6 is 0 Å². The Bertz CT molecular complexity index is 935. The first kappa shape index (κ1) is 58.3. The van der Waals surface area contributed by atoms with E-state index in [1.54, 1.807) is 0 Å². The first-order valence-corrected chi connectivity index (χ1v) is 26.6. The van der Waals surface area contributed by atoms with Crippen molar-refractivity contribution in [1.29, 1.82) is 0 Å². The molecule has 0 heterocycles. The first-order chi connectivity index (χ1) is 29.5. The molecule has 0 aromatic rings. The van der Waals surface area contributed by atoms with E-state index in [2.05, 4.69) is 43.5 Å². The number of aliphatic hydroxyl groups excluding tert-OH is 2. The van der Waals surface area contributed by atoms with Gasteiger partial charge in [0.05, 0.1) is 25.4 Å². The lowest BCUT2D eigenvalue weighted by molar-refractivity contribution is -0.143. The van der Waals surface area contributed by atoms with Crippen LogP contribution in [0.2, 0.25) is 0 Å². The van der Waals surface area contributed by atoms with Crippen molar-refractivity contribution in [1.82, 2.24) is 5.32 Å². The molecule has 0 fully saturated rings. The molecule has 0 aromatic carbocycles. The number of amides is 1. The highest BCUT2D eigenvalue weighted by Gasteiger charge is 2.20. The third-order valence-electron chi connectivity index (χ3n) is 12.2. The number of esters is 1. The fraction of sp³-hybridized carbons (Fsp3) is 0.889. The number of rotatable bonds is 49. The normalized spacial score (nSPS) is 12.8. The number of unbranched alkanes of at least 4 members (excludes halogenated alkanes) is 34. The van der Waals surface area contributed by atoms with Gasteiger partial charge in [-0.3, -0.25) is 9.59 Å². The standard InChI is InChI=1S/C54H103NO5/c1-3-5-7-9-11-13-15-23-28-32-36-40-44-48-54(59)60-49-45-41-37-33-29-25-22-20-18-17-19-21-24-27-31-35-39-43-47-53(58)55-51(50-56)52(57)46-42-38-34-30-26-16-14-12-10-8-6-4-2/h7,9,13,15,51-52,56-57H,3-6,8,10-12,14,16-50H2,1-2H3,(H,55,58)/b9-7-,15-13-. The molecule has 3 N–H and O–H groups in total. The zero-order valence-corrected chi connectivity index (χ0v) is 40.2. The van der Waals surface area contributed by atoms with Gasteiger partial charge in [0.15, 0.2) is 0 Å². The number of carbonyl (C=O) groups excluding carboxylic acids is 2. The highest BCUT2D eigenvalue weighted by molar-refractivity contribution is 5.76. The summed E-state index contributed by atoms with van der Waals surface area (Å²) in [5, 5.41) is 23.2. The topological polar surface area (TPSA) is 95.9 Å². The Labute approximate surface area is 373 Å². The van der Waals surface area contributed by atoms with E-state index < -0.39 is 12.1 Å². The van der Waals surface area contributed by atoms with Gasteiger partial charge in [-0.15, -0.1) is 0 Å². The third-order valence-corrected chi connectivity index (χ3v) is 12.2. The molecule has 354 valence electrons. The molecule has 0 bridgehead atoms. The van der Waals surface area contributed by atoms with E-state index in [1.165, 1.54) is 199 Å². The Morgan fingerprint density at radius 2 is 0.867 bits per heavy atom. The van der Waals surface area contributed by atoms with Crippen molar-refractivity contribution in [2.75, 3.05) is 13.2 Å². The number of carbonyl (C=O) groups is 2. The molecular weight excluding hydrogens is 743 g/mol. The van der Waals surface area contributed by atoms with Crippen LogP contribution in [0, 0.1) is 0 Å². The van der Waals surface area contributed by atoms with E-state index >= 15 is 0 Å². The van der Waals surface area contributed by atoms with Crippen LogP contribution in [-0.4, -0.2) is 47.4 Å². The van der Waals surface area contributed by atoms with E-state index in [0.29, 0.717) is 25.9 Å². The summed E-state index contributed by atoms with van der Waals surface area (Å²) in [6.07, 6.45) is 58.7. The lowest BCUT2D eigenvalue weighted by Gasteiger charge is -2.22. The van der Waals surface area contributed by atoms with Crippen molar-refractivity contribution < 1.29 is 24.5 Å². The Morgan fingerprint density at radius 3 is 1.33 bits per heavy atom. The number of nitrogens with one attached hydrogen (secondary N) is 1. The summed E-state index contributed by atoms with van der Waals surface area (Å²) in [5.41, 5.74) is 0. The summed E-state index contributed by atoms with van der Waals surface area (Å²) in [7, 11) is 0. The molecule has 60 heavy (non-hydrogen) atoms. The molecule has 2 unspecified atom stereocenters. The van der Waals surface area contributed by atoms with Crippen molar-refractivity contribution in [3.05, 3.63) is 24.3 Å². The molecule has 1 amide bonds. The van der Waals surface area contributed by atoms with Gasteiger partial charge in [-0.05, 0) is 51.4 Å². The van der Waals surface area contributed by atoms with Crippen molar-refractivity contribution in [3.63, 3.8) is 0 Å². The predicted molar refractivity (Wildman–Crippen MR) is 260 cm³/mol. The fourth-order valence-electron chi connectivity index (χ4n) is 8.15. The van der Waals surface area contributed by atoms with Gasteiger partial charge in [0, 0.05) is 12.8 Å². The molecule has 0 aliphatic rings. The summed E-state index contributed by atoms with van der Waals surface area (Å²) in [4.78, 5) is 24.4. The molecule has 0 aromatic heterocycles. The van der Waals surface area contributed by atoms with E-state index in [1.807, 2.05) is 0 Å². The molecular formula is C54H103NO5. The number of ether oxygens (including phenoxy) is 1. The van der Waals surface area contributed by atoms with Crippen LogP contribution in [0.15, 0.2) is 24.3 Å². The predicted octanol–water partition coefficient (Wildman–Crippen LogP) is 15.9. The third kappa shape index (κ3) is 45.9. The number of allylic oxidation sites excluding steroid dienone is 4. The zero-order valence-electron chi connectivity index (χ0n) is 40.2. The van der Waals surface area contributed by atoms with Gasteiger partial charge in [0.25, 0.3) is 0 Å². The minimum Gasteiger partial charge on any atom is -0.466 e. The van der Waals surface area contributed by atoms with E-state index in [9.17, 15) is 19.8 Å². The average molecular weight is 846 g/mol. The molecule has 0 aliphatic heterocycles. The molecule has 0 spiro atoms. The molecule has 6 heteroatoms. The minimum absolute atomic E-state index is 0.00821. The van der Waals surface area contributed by atoms with Crippen LogP contribution in [0.4, 0.5) is 0 Å². The van der Waals surface area contributed by atoms with Crippen LogP contribution < -0.4 is 5.32 Å². The monoisotopic (exact) mass is 846 g/mol. The Kier molecular flexibility index (Phi) is 48.6. The van der Waals surface area contributed by atoms with Gasteiger partial charge in [-0.25, -0.2) is 0 Å². The maximum atomic E-state index is 12.4. The molecule has 0 radical (unpaired) electrons. The molecule has 0 aliphatic carbocycles. The summed E-state index contributed by atoms with van der Waals surface area (Å²) in [5.74, 6) is -0.0480. The molecule has 0 rings (SSSR count). The van der Waals surface area contributed by atoms with E-state index in [-0.39, 0.29) is 18.5 Å². The largest absolute Gasteiger partial charge is 0.466 e. The van der Waals surface area contributed by atoms with E-state index in [0.717, 1.165) is 51.4 Å². The van der Waals surface area contributed by atoms with Gasteiger partial charge >= 0.3 is 5.97 Å². The second-order valence-corrected chi connectivity index (χ2v) is 18.2. The first-order valence-electron chi connectivity index (χ1n) is 26.6. The maximum Gasteiger partial charge on any atom is 0.305 e. The molecule has 0 saturated heterocycles. The highest BCUT2D eigenvalue weighted by atomic mass is 16.5. The van der Waals surface area contributed by atoms with Crippen molar-refractivity contribution in [2.24, 2.45) is 0 Å². The van der Waals surface area contributed by atoms with Gasteiger partial charge in [-0.1, -0.05) is 244 Å². The van der Waals surface area contributed by atoms with Crippen molar-refractivity contribution in [3.8, 4) is 0 Å². The van der Waals surface area contributed by atoms with Crippen LogP contribution in [0.25, 0.3) is 0 Å². The average Bonchev–Trinajstić information content (AvgIpc) is 3.25.